The fourth-order valence-electron chi connectivity index (χ4n) is 2.58. The summed E-state index contributed by atoms with van der Waals surface area (Å²) in [7, 11) is 0. The zero-order valence-electron chi connectivity index (χ0n) is 12.0. The molecule has 0 bridgehead atoms. The van der Waals surface area contributed by atoms with Crippen molar-refractivity contribution in [1.29, 1.82) is 0 Å². The van der Waals surface area contributed by atoms with Crippen LogP contribution < -0.4 is 10.1 Å². The molecule has 2 unspecified atom stereocenters. The molecular weight excluding hydrogens is 256 g/mol. The van der Waals surface area contributed by atoms with E-state index in [1.807, 2.05) is 26.0 Å². The van der Waals surface area contributed by atoms with E-state index in [0.717, 1.165) is 24.9 Å². The number of anilines is 1. The maximum absolute atomic E-state index is 11.1. The van der Waals surface area contributed by atoms with Gasteiger partial charge in [-0.25, -0.2) is 4.98 Å². The van der Waals surface area contributed by atoms with Crippen molar-refractivity contribution in [2.24, 2.45) is 5.92 Å². The number of carbonyl (C=O) groups is 1. The highest BCUT2D eigenvalue weighted by atomic mass is 16.5. The number of pyridine rings is 1. The van der Waals surface area contributed by atoms with Gasteiger partial charge in [-0.2, -0.15) is 0 Å². The molecule has 2 N–H and O–H groups in total. The van der Waals surface area contributed by atoms with Crippen molar-refractivity contribution in [2.45, 2.75) is 51.7 Å². The number of aliphatic carboxylic acids is 1. The summed E-state index contributed by atoms with van der Waals surface area (Å²) in [5, 5.41) is 12.5. The normalized spacial score (nSPS) is 22.6. The molecule has 1 saturated carbocycles. The molecular formula is C15H22N2O3. The zero-order chi connectivity index (χ0) is 14.5. The lowest BCUT2D eigenvalue weighted by molar-refractivity contribution is -0.142. The first-order valence-electron chi connectivity index (χ1n) is 7.17. The maximum Gasteiger partial charge on any atom is 0.306 e. The summed E-state index contributed by atoms with van der Waals surface area (Å²) in [4.78, 5) is 15.3. The number of carboxylic acid groups (broad SMARTS) is 1. The second-order valence-corrected chi connectivity index (χ2v) is 5.57. The summed E-state index contributed by atoms with van der Waals surface area (Å²) in [5.74, 6) is -0.353. The summed E-state index contributed by atoms with van der Waals surface area (Å²) >= 11 is 0. The van der Waals surface area contributed by atoms with Gasteiger partial charge in [-0.05, 0) is 45.2 Å². The Morgan fingerprint density at radius 1 is 1.50 bits per heavy atom. The Morgan fingerprint density at radius 2 is 2.30 bits per heavy atom. The Bertz CT molecular complexity index is 462. The van der Waals surface area contributed by atoms with E-state index in [9.17, 15) is 4.79 Å². The topological polar surface area (TPSA) is 71.5 Å². The SMILES string of the molecule is CC(C)Oc1ncccc1NC1CCCC(C(=O)O)C1. The van der Waals surface area contributed by atoms with Gasteiger partial charge in [0.15, 0.2) is 0 Å². The lowest BCUT2D eigenvalue weighted by Gasteiger charge is -2.28. The van der Waals surface area contributed by atoms with Crippen molar-refractivity contribution in [1.82, 2.24) is 4.98 Å². The Labute approximate surface area is 119 Å². The van der Waals surface area contributed by atoms with Gasteiger partial charge in [-0.3, -0.25) is 4.79 Å². The van der Waals surface area contributed by atoms with Crippen LogP contribution in [0, 0.1) is 5.92 Å². The molecule has 2 rings (SSSR count). The highest BCUT2D eigenvalue weighted by molar-refractivity contribution is 5.70. The third-order valence-corrected chi connectivity index (χ3v) is 3.50. The van der Waals surface area contributed by atoms with E-state index in [0.29, 0.717) is 12.3 Å². The van der Waals surface area contributed by atoms with Crippen LogP contribution in [0.3, 0.4) is 0 Å². The first kappa shape index (κ1) is 14.6. The van der Waals surface area contributed by atoms with E-state index in [4.69, 9.17) is 9.84 Å². The number of aromatic nitrogens is 1. The van der Waals surface area contributed by atoms with Crippen LogP contribution in [-0.4, -0.2) is 28.2 Å². The monoisotopic (exact) mass is 278 g/mol. The van der Waals surface area contributed by atoms with Gasteiger partial charge in [0.1, 0.15) is 0 Å². The molecule has 1 aliphatic rings. The number of ether oxygens (including phenoxy) is 1. The average Bonchev–Trinajstić information content (AvgIpc) is 2.41. The van der Waals surface area contributed by atoms with Crippen molar-refractivity contribution in [3.8, 4) is 5.88 Å². The molecule has 1 fully saturated rings. The molecule has 0 radical (unpaired) electrons. The molecule has 0 aromatic carbocycles. The molecule has 110 valence electrons. The zero-order valence-corrected chi connectivity index (χ0v) is 12.0. The van der Waals surface area contributed by atoms with E-state index in [1.165, 1.54) is 0 Å². The third kappa shape index (κ3) is 3.85. The van der Waals surface area contributed by atoms with Crippen LogP contribution in [0.5, 0.6) is 5.88 Å². The number of nitrogens with one attached hydrogen (secondary N) is 1. The molecule has 2 atom stereocenters. The minimum Gasteiger partial charge on any atom is -0.481 e. The number of hydrogen-bond acceptors (Lipinski definition) is 4. The molecule has 20 heavy (non-hydrogen) atoms. The smallest absolute Gasteiger partial charge is 0.306 e. The summed E-state index contributed by atoms with van der Waals surface area (Å²) < 4.78 is 5.67. The first-order chi connectivity index (χ1) is 9.56. The van der Waals surface area contributed by atoms with Gasteiger partial charge in [-0.1, -0.05) is 6.42 Å². The maximum atomic E-state index is 11.1. The fourth-order valence-corrected chi connectivity index (χ4v) is 2.58. The van der Waals surface area contributed by atoms with Crippen LogP contribution >= 0.6 is 0 Å². The second-order valence-electron chi connectivity index (χ2n) is 5.57. The van der Waals surface area contributed by atoms with Crippen molar-refractivity contribution >= 4 is 11.7 Å². The third-order valence-electron chi connectivity index (χ3n) is 3.50. The Kier molecular flexibility index (Phi) is 4.82. The van der Waals surface area contributed by atoms with E-state index >= 15 is 0 Å². The highest BCUT2D eigenvalue weighted by Crippen LogP contribution is 2.29. The number of nitrogens with zero attached hydrogens (tertiary/aromatic N) is 1. The van der Waals surface area contributed by atoms with Gasteiger partial charge < -0.3 is 15.2 Å². The molecule has 0 spiro atoms. The van der Waals surface area contributed by atoms with E-state index in [2.05, 4.69) is 10.3 Å². The van der Waals surface area contributed by atoms with Crippen molar-refractivity contribution in [3.05, 3.63) is 18.3 Å². The fraction of sp³-hybridized carbons (Fsp3) is 0.600. The van der Waals surface area contributed by atoms with Gasteiger partial charge in [-0.15, -0.1) is 0 Å². The molecule has 1 aliphatic carbocycles. The molecule has 5 nitrogen and oxygen atoms in total. The van der Waals surface area contributed by atoms with Gasteiger partial charge in [0.05, 0.1) is 17.7 Å². The van der Waals surface area contributed by atoms with Gasteiger partial charge in [0.25, 0.3) is 0 Å². The van der Waals surface area contributed by atoms with Crippen LogP contribution in [0.15, 0.2) is 18.3 Å². The van der Waals surface area contributed by atoms with E-state index < -0.39 is 5.97 Å². The average molecular weight is 278 g/mol. The predicted octanol–water partition coefficient (Wildman–Crippen LogP) is 2.92. The number of rotatable bonds is 5. The molecule has 1 aromatic rings. The standard InChI is InChI=1S/C15H22N2O3/c1-10(2)20-14-13(7-4-8-16-14)17-12-6-3-5-11(9-12)15(18)19/h4,7-8,10-12,17H,3,5-6,9H2,1-2H3,(H,18,19). The Balaban J connectivity index is 2.04. The summed E-state index contributed by atoms with van der Waals surface area (Å²) in [6.45, 7) is 3.92. The number of hydrogen-bond donors (Lipinski definition) is 2. The van der Waals surface area contributed by atoms with Crippen molar-refractivity contribution in [2.75, 3.05) is 5.32 Å². The quantitative estimate of drug-likeness (QED) is 0.866. The summed E-state index contributed by atoms with van der Waals surface area (Å²) in [6.07, 6.45) is 5.11. The molecule has 1 aromatic heterocycles. The van der Waals surface area contributed by atoms with Crippen LogP contribution in [0.1, 0.15) is 39.5 Å². The molecule has 0 amide bonds. The van der Waals surface area contributed by atoms with Crippen LogP contribution in [0.25, 0.3) is 0 Å². The predicted molar refractivity (Wildman–Crippen MR) is 77.0 cm³/mol. The van der Waals surface area contributed by atoms with Crippen molar-refractivity contribution in [3.63, 3.8) is 0 Å². The first-order valence-corrected chi connectivity index (χ1v) is 7.17. The van der Waals surface area contributed by atoms with Gasteiger partial charge >= 0.3 is 5.97 Å². The highest BCUT2D eigenvalue weighted by Gasteiger charge is 2.27. The summed E-state index contributed by atoms with van der Waals surface area (Å²) in [5.41, 5.74) is 0.845. The molecule has 5 heteroatoms. The van der Waals surface area contributed by atoms with Gasteiger partial charge in [0.2, 0.25) is 5.88 Å². The minimum absolute atomic E-state index is 0.0589. The minimum atomic E-state index is -0.693. The lowest BCUT2D eigenvalue weighted by Crippen LogP contribution is -2.31. The Hall–Kier alpha value is -1.78. The van der Waals surface area contributed by atoms with E-state index in [-0.39, 0.29) is 18.1 Å². The summed E-state index contributed by atoms with van der Waals surface area (Å²) in [6, 6.07) is 3.95. The molecule has 1 heterocycles. The number of carboxylic acids is 1. The molecule has 0 aliphatic heterocycles. The van der Waals surface area contributed by atoms with Crippen LogP contribution in [0.4, 0.5) is 5.69 Å². The van der Waals surface area contributed by atoms with Crippen LogP contribution in [0.2, 0.25) is 0 Å². The Morgan fingerprint density at radius 3 is 3.00 bits per heavy atom. The largest absolute Gasteiger partial charge is 0.481 e. The van der Waals surface area contributed by atoms with E-state index in [1.54, 1.807) is 6.20 Å². The molecule has 0 saturated heterocycles. The second kappa shape index (κ2) is 6.59. The van der Waals surface area contributed by atoms with Crippen molar-refractivity contribution < 1.29 is 14.6 Å². The van der Waals surface area contributed by atoms with Crippen LogP contribution in [-0.2, 0) is 4.79 Å². The lowest BCUT2D eigenvalue weighted by atomic mass is 9.86. The van der Waals surface area contributed by atoms with Gasteiger partial charge in [0, 0.05) is 12.2 Å².